The first kappa shape index (κ1) is 24.7. The van der Waals surface area contributed by atoms with Gasteiger partial charge in [0.05, 0.1) is 32.3 Å². The van der Waals surface area contributed by atoms with Crippen LogP contribution in [0.15, 0.2) is 154 Å². The van der Waals surface area contributed by atoms with Crippen LogP contribution in [-0.2, 0) is 27.0 Å². The van der Waals surface area contributed by atoms with E-state index in [1.807, 2.05) is 54.6 Å². The van der Waals surface area contributed by atoms with Gasteiger partial charge in [-0.05, 0) is 87.3 Å². The molecule has 5 aromatic carbocycles. The van der Waals surface area contributed by atoms with E-state index in [2.05, 4.69) is 84.9 Å². The van der Waals surface area contributed by atoms with E-state index in [0.29, 0.717) is 0 Å². The van der Waals surface area contributed by atoms with Crippen LogP contribution in [0, 0.1) is 0 Å². The van der Waals surface area contributed by atoms with Crippen LogP contribution in [0.4, 0.5) is 0 Å². The van der Waals surface area contributed by atoms with Crippen molar-refractivity contribution in [1.29, 1.82) is 0 Å². The second-order valence-corrected chi connectivity index (χ2v) is 13.9. The average Bonchev–Trinajstić information content (AvgIpc) is 3.51. The maximum absolute atomic E-state index is 13.9. The minimum absolute atomic E-state index is 0.0409. The zero-order valence-corrected chi connectivity index (χ0v) is 23.8. The number of benzene rings is 5. The fraction of sp³-hybridized carbons (Fsp3) is 0.0811. The summed E-state index contributed by atoms with van der Waals surface area (Å²) in [7, 11) is -2.50. The molecule has 0 saturated carbocycles. The third-order valence-electron chi connectivity index (χ3n) is 8.65. The Kier molecular flexibility index (Phi) is 5.70. The molecule has 0 heterocycles. The summed E-state index contributed by atoms with van der Waals surface area (Å²) in [6.45, 7) is 0. The molecular weight excluding hydrogens is 541 g/mol. The van der Waals surface area contributed by atoms with E-state index in [9.17, 15) is 8.42 Å². The van der Waals surface area contributed by atoms with Crippen molar-refractivity contribution in [1.82, 2.24) is 0 Å². The lowest BCUT2D eigenvalue weighted by Crippen LogP contribution is -2.26. The molecule has 4 unspecified atom stereocenters. The predicted octanol–water partition coefficient (Wildman–Crippen LogP) is 8.19. The molecule has 4 heteroatoms. The van der Waals surface area contributed by atoms with E-state index < -0.39 is 27.0 Å². The van der Waals surface area contributed by atoms with E-state index >= 15 is 0 Å². The summed E-state index contributed by atoms with van der Waals surface area (Å²) in [6, 6.07) is 39.6. The van der Waals surface area contributed by atoms with Crippen molar-refractivity contribution in [3.05, 3.63) is 162 Å². The van der Waals surface area contributed by atoms with Gasteiger partial charge in [-0.15, -0.1) is 0 Å². The molecule has 2 nitrogen and oxygen atoms in total. The second-order valence-electron chi connectivity index (χ2n) is 10.7. The number of rotatable bonds is 4. The Balaban J connectivity index is 1.40. The number of hydrogen-bond donors (Lipinski definition) is 0. The molecule has 0 radical (unpaired) electrons. The van der Waals surface area contributed by atoms with Crippen LogP contribution in [0.2, 0.25) is 0 Å². The Morgan fingerprint density at radius 3 is 1.73 bits per heavy atom. The van der Waals surface area contributed by atoms with E-state index in [1.54, 1.807) is 0 Å². The Morgan fingerprint density at radius 1 is 0.537 bits per heavy atom. The van der Waals surface area contributed by atoms with Gasteiger partial charge in [-0.25, -0.2) is 4.21 Å². The van der Waals surface area contributed by atoms with E-state index in [4.69, 9.17) is 0 Å². The molecule has 0 N–H and O–H groups in total. The third kappa shape index (κ3) is 3.54. The highest BCUT2D eigenvalue weighted by atomic mass is 32.2. The van der Waals surface area contributed by atoms with Crippen molar-refractivity contribution in [2.24, 2.45) is 0 Å². The SMILES string of the molecule is O=S(c1ccccc1)c1ccc2c(c1)C1(c3ccccc3-2)c2ccccc2-c2ccc(S(=O)C3C=CC=CC3)cc21. The molecule has 198 valence electrons. The molecule has 0 saturated heterocycles. The Morgan fingerprint density at radius 2 is 1.10 bits per heavy atom. The molecule has 0 aliphatic heterocycles. The lowest BCUT2D eigenvalue weighted by Gasteiger charge is -2.31. The van der Waals surface area contributed by atoms with Gasteiger partial charge in [0.2, 0.25) is 0 Å². The predicted molar refractivity (Wildman–Crippen MR) is 167 cm³/mol. The van der Waals surface area contributed by atoms with Crippen LogP contribution in [0.5, 0.6) is 0 Å². The molecule has 3 aliphatic carbocycles. The van der Waals surface area contributed by atoms with Crippen LogP contribution in [0.1, 0.15) is 28.7 Å². The summed E-state index contributed by atoms with van der Waals surface area (Å²) in [5, 5.41) is -0.0409. The molecule has 4 atom stereocenters. The fourth-order valence-corrected chi connectivity index (χ4v) is 9.31. The van der Waals surface area contributed by atoms with Gasteiger partial charge < -0.3 is 0 Å². The van der Waals surface area contributed by atoms with Crippen molar-refractivity contribution in [2.75, 3.05) is 0 Å². The third-order valence-corrected chi connectivity index (χ3v) is 11.7. The highest BCUT2D eigenvalue weighted by Gasteiger charge is 2.52. The largest absolute Gasteiger partial charge is 0.254 e. The summed E-state index contributed by atoms with van der Waals surface area (Å²) >= 11 is 0. The van der Waals surface area contributed by atoms with E-state index in [-0.39, 0.29) is 5.25 Å². The topological polar surface area (TPSA) is 34.1 Å². The average molecular weight is 567 g/mol. The molecule has 0 fully saturated rings. The fourth-order valence-electron chi connectivity index (χ4n) is 6.91. The van der Waals surface area contributed by atoms with Gasteiger partial charge in [-0.3, -0.25) is 4.21 Å². The number of hydrogen-bond acceptors (Lipinski definition) is 2. The van der Waals surface area contributed by atoms with Crippen molar-refractivity contribution >= 4 is 21.6 Å². The van der Waals surface area contributed by atoms with Gasteiger partial charge in [0.25, 0.3) is 0 Å². The normalized spacial score (nSPS) is 20.7. The molecule has 0 aromatic heterocycles. The van der Waals surface area contributed by atoms with Gasteiger partial charge >= 0.3 is 0 Å². The monoisotopic (exact) mass is 566 g/mol. The first-order chi connectivity index (χ1) is 20.2. The first-order valence-electron chi connectivity index (χ1n) is 13.9. The zero-order valence-electron chi connectivity index (χ0n) is 22.2. The van der Waals surface area contributed by atoms with Crippen molar-refractivity contribution < 1.29 is 8.42 Å². The molecule has 8 rings (SSSR count). The van der Waals surface area contributed by atoms with Crippen LogP contribution in [-0.4, -0.2) is 13.7 Å². The van der Waals surface area contributed by atoms with Gasteiger partial charge in [0.1, 0.15) is 0 Å². The van der Waals surface area contributed by atoms with Crippen molar-refractivity contribution in [3.8, 4) is 22.3 Å². The summed E-state index contributed by atoms with van der Waals surface area (Å²) in [6.07, 6.45) is 8.93. The number of allylic oxidation sites excluding steroid dienone is 3. The van der Waals surface area contributed by atoms with E-state index in [0.717, 1.165) is 43.4 Å². The molecular formula is C37H26O2S2. The Bertz CT molecular complexity index is 1960. The minimum Gasteiger partial charge on any atom is -0.254 e. The molecule has 0 amide bonds. The second kappa shape index (κ2) is 9.47. The quantitative estimate of drug-likeness (QED) is 0.215. The number of fused-ring (bicyclic) bond motifs is 10. The van der Waals surface area contributed by atoms with Crippen molar-refractivity contribution in [3.63, 3.8) is 0 Å². The molecule has 41 heavy (non-hydrogen) atoms. The van der Waals surface area contributed by atoms with Crippen LogP contribution >= 0.6 is 0 Å². The lowest BCUT2D eigenvalue weighted by molar-refractivity contribution is 0.676. The summed E-state index contributed by atoms with van der Waals surface area (Å²) in [5.41, 5.74) is 8.83. The maximum Gasteiger partial charge on any atom is 0.0849 e. The minimum atomic E-state index is -1.31. The highest BCUT2D eigenvalue weighted by Crippen LogP contribution is 2.63. The molecule has 1 spiro atoms. The van der Waals surface area contributed by atoms with Crippen LogP contribution in [0.25, 0.3) is 22.3 Å². The van der Waals surface area contributed by atoms with Gasteiger partial charge in [-0.1, -0.05) is 103 Å². The van der Waals surface area contributed by atoms with Gasteiger partial charge in [0, 0.05) is 14.7 Å². The van der Waals surface area contributed by atoms with Gasteiger partial charge in [0.15, 0.2) is 0 Å². The standard InChI is InChI=1S/C37H26O2S2/c38-40(25-11-3-1-4-12-25)27-19-21-31-29-15-7-9-17-33(29)37(35(31)23-27)34-18-10-8-16-30(34)32-22-20-28(24-36(32)37)41(39)26-13-5-2-6-14-26/h1-13,15-24,26H,14H2. The lowest BCUT2D eigenvalue weighted by atomic mass is 9.70. The van der Waals surface area contributed by atoms with Crippen molar-refractivity contribution in [2.45, 2.75) is 31.8 Å². The van der Waals surface area contributed by atoms with Gasteiger partial charge in [-0.2, -0.15) is 0 Å². The maximum atomic E-state index is 13.9. The molecule has 3 aliphatic rings. The van der Waals surface area contributed by atoms with Crippen LogP contribution in [0.3, 0.4) is 0 Å². The smallest absolute Gasteiger partial charge is 0.0849 e. The summed E-state index contributed by atoms with van der Waals surface area (Å²) in [5.74, 6) is 0. The Hall–Kier alpha value is -4.12. The summed E-state index contributed by atoms with van der Waals surface area (Å²) in [4.78, 5) is 2.42. The van der Waals surface area contributed by atoms with E-state index in [1.165, 1.54) is 22.3 Å². The Labute approximate surface area is 245 Å². The molecule has 5 aromatic rings. The highest BCUT2D eigenvalue weighted by molar-refractivity contribution is 7.86. The first-order valence-corrected chi connectivity index (χ1v) is 16.2. The van der Waals surface area contributed by atoms with Crippen LogP contribution < -0.4 is 0 Å². The zero-order chi connectivity index (χ0) is 27.6. The molecule has 0 bridgehead atoms. The summed E-state index contributed by atoms with van der Waals surface area (Å²) < 4.78 is 27.6.